The minimum absolute atomic E-state index is 0.106. The van der Waals surface area contributed by atoms with Crippen molar-refractivity contribution in [2.45, 2.75) is 58.7 Å². The third-order valence-electron chi connectivity index (χ3n) is 5.24. The predicted molar refractivity (Wildman–Crippen MR) is 115 cm³/mol. The lowest BCUT2D eigenvalue weighted by Crippen LogP contribution is -2.50. The van der Waals surface area contributed by atoms with Crippen LogP contribution in [0.3, 0.4) is 0 Å². The molecule has 2 heterocycles. The van der Waals surface area contributed by atoms with Gasteiger partial charge in [0.2, 0.25) is 11.8 Å². The minimum atomic E-state index is -0.644. The van der Waals surface area contributed by atoms with Crippen LogP contribution in [0.1, 0.15) is 49.9 Å². The first kappa shape index (κ1) is 22.0. The average Bonchev–Trinajstić information content (AvgIpc) is 3.08. The Bertz CT molecular complexity index is 849. The standard InChI is InChI=1S/C22H32N6O2/c1-15(2)20-21-24-16(3)27-28(21)13-12-23-11-7-10-19(29)25-18(22(30)26-20)14-17-8-5-4-6-9-17/h4-6,8-9,15,18,20,23H,7,10-14H2,1-3H3,(H,25,29)(H,26,30)/t18-,20+/m0/s1. The Morgan fingerprint density at radius 3 is 2.63 bits per heavy atom. The Hall–Kier alpha value is -2.74. The predicted octanol–water partition coefficient (Wildman–Crippen LogP) is 1.51. The van der Waals surface area contributed by atoms with Crippen LogP contribution in [0.5, 0.6) is 0 Å². The maximum absolute atomic E-state index is 13.3. The SMILES string of the molecule is Cc1nc2n(n1)CCNCCCC(=O)N[C@@H](Cc1ccccc1)C(=O)N[C@@H]2C(C)C. The molecule has 0 saturated carbocycles. The zero-order valence-electron chi connectivity index (χ0n) is 18.0. The first-order valence-electron chi connectivity index (χ1n) is 10.7. The van der Waals surface area contributed by atoms with Crippen LogP contribution in [0, 0.1) is 12.8 Å². The summed E-state index contributed by atoms with van der Waals surface area (Å²) in [7, 11) is 0. The lowest BCUT2D eigenvalue weighted by atomic mass is 10.0. The van der Waals surface area contributed by atoms with E-state index in [9.17, 15) is 9.59 Å². The van der Waals surface area contributed by atoms with Gasteiger partial charge in [-0.25, -0.2) is 9.67 Å². The number of amides is 2. The van der Waals surface area contributed by atoms with Gasteiger partial charge in [0.1, 0.15) is 17.7 Å². The van der Waals surface area contributed by atoms with Gasteiger partial charge in [-0.1, -0.05) is 44.2 Å². The summed E-state index contributed by atoms with van der Waals surface area (Å²) >= 11 is 0. The van der Waals surface area contributed by atoms with Crippen molar-refractivity contribution in [1.82, 2.24) is 30.7 Å². The lowest BCUT2D eigenvalue weighted by Gasteiger charge is -2.26. The Morgan fingerprint density at radius 1 is 1.13 bits per heavy atom. The van der Waals surface area contributed by atoms with Crippen LogP contribution < -0.4 is 16.0 Å². The molecule has 0 aliphatic carbocycles. The number of aryl methyl sites for hydroxylation is 1. The summed E-state index contributed by atoms with van der Waals surface area (Å²) in [6, 6.07) is 8.81. The van der Waals surface area contributed by atoms with Crippen LogP contribution in [-0.2, 0) is 22.6 Å². The molecule has 1 aromatic carbocycles. The average molecular weight is 413 g/mol. The molecule has 0 unspecified atom stereocenters. The molecule has 8 heteroatoms. The number of aromatic nitrogens is 3. The van der Waals surface area contributed by atoms with Crippen LogP contribution in [-0.4, -0.2) is 45.7 Å². The smallest absolute Gasteiger partial charge is 0.243 e. The number of nitrogens with one attached hydrogen (secondary N) is 3. The van der Waals surface area contributed by atoms with Crippen molar-refractivity contribution in [3.8, 4) is 0 Å². The molecule has 2 aromatic rings. The van der Waals surface area contributed by atoms with Crippen molar-refractivity contribution in [1.29, 1.82) is 0 Å². The second kappa shape index (κ2) is 10.3. The molecule has 1 aliphatic rings. The van der Waals surface area contributed by atoms with Gasteiger partial charge in [0.25, 0.3) is 0 Å². The van der Waals surface area contributed by atoms with Crippen LogP contribution in [0.4, 0.5) is 0 Å². The van der Waals surface area contributed by atoms with Gasteiger partial charge in [-0.15, -0.1) is 0 Å². The second-order valence-electron chi connectivity index (χ2n) is 8.13. The Kier molecular flexibility index (Phi) is 7.57. The molecule has 2 amide bonds. The third kappa shape index (κ3) is 5.89. The number of nitrogens with zero attached hydrogens (tertiary/aromatic N) is 3. The first-order valence-corrected chi connectivity index (χ1v) is 10.7. The van der Waals surface area contributed by atoms with Gasteiger partial charge >= 0.3 is 0 Å². The molecule has 0 saturated heterocycles. The van der Waals surface area contributed by atoms with Gasteiger partial charge in [0.15, 0.2) is 0 Å². The molecule has 162 valence electrons. The lowest BCUT2D eigenvalue weighted by molar-refractivity contribution is -0.129. The van der Waals surface area contributed by atoms with E-state index >= 15 is 0 Å². The Morgan fingerprint density at radius 2 is 1.90 bits per heavy atom. The minimum Gasteiger partial charge on any atom is -0.344 e. The van der Waals surface area contributed by atoms with E-state index in [4.69, 9.17) is 0 Å². The summed E-state index contributed by atoms with van der Waals surface area (Å²) in [6.07, 6.45) is 1.53. The van der Waals surface area contributed by atoms with Gasteiger partial charge in [0, 0.05) is 19.4 Å². The van der Waals surface area contributed by atoms with Crippen LogP contribution in [0.2, 0.25) is 0 Å². The number of fused-ring (bicyclic) bond motifs is 1. The molecule has 0 spiro atoms. The molecule has 8 nitrogen and oxygen atoms in total. The summed E-state index contributed by atoms with van der Waals surface area (Å²) in [4.78, 5) is 30.3. The normalized spacial score (nSPS) is 21.5. The molecule has 30 heavy (non-hydrogen) atoms. The number of benzene rings is 1. The number of hydrogen-bond acceptors (Lipinski definition) is 5. The van der Waals surface area contributed by atoms with Crippen LogP contribution in [0.15, 0.2) is 30.3 Å². The number of carbonyl (C=O) groups is 2. The first-order chi connectivity index (χ1) is 14.4. The highest BCUT2D eigenvalue weighted by atomic mass is 16.2. The molecule has 0 fully saturated rings. The molecule has 0 radical (unpaired) electrons. The third-order valence-corrected chi connectivity index (χ3v) is 5.24. The van der Waals surface area contributed by atoms with E-state index in [1.807, 2.05) is 55.8 Å². The van der Waals surface area contributed by atoms with Gasteiger partial charge in [-0.05, 0) is 31.4 Å². The fraction of sp³-hybridized carbons (Fsp3) is 0.545. The Balaban J connectivity index is 1.89. The summed E-state index contributed by atoms with van der Waals surface area (Å²) in [5.41, 5.74) is 1.00. The van der Waals surface area contributed by atoms with Crippen molar-refractivity contribution in [3.63, 3.8) is 0 Å². The highest BCUT2D eigenvalue weighted by Gasteiger charge is 2.29. The van der Waals surface area contributed by atoms with Crippen molar-refractivity contribution in [2.24, 2.45) is 5.92 Å². The van der Waals surface area contributed by atoms with Crippen molar-refractivity contribution < 1.29 is 9.59 Å². The molecule has 1 aromatic heterocycles. The zero-order chi connectivity index (χ0) is 21.5. The van der Waals surface area contributed by atoms with E-state index in [0.717, 1.165) is 24.5 Å². The summed E-state index contributed by atoms with van der Waals surface area (Å²) in [5.74, 6) is 1.24. The maximum Gasteiger partial charge on any atom is 0.243 e. The number of carbonyl (C=O) groups excluding carboxylic acids is 2. The van der Waals surface area contributed by atoms with Crippen LogP contribution in [0.25, 0.3) is 0 Å². The van der Waals surface area contributed by atoms with E-state index in [1.165, 1.54) is 0 Å². The highest BCUT2D eigenvalue weighted by molar-refractivity contribution is 5.88. The van der Waals surface area contributed by atoms with Crippen molar-refractivity contribution >= 4 is 11.8 Å². The molecule has 3 N–H and O–H groups in total. The number of hydrogen-bond donors (Lipinski definition) is 3. The largest absolute Gasteiger partial charge is 0.344 e. The zero-order valence-corrected chi connectivity index (χ0v) is 18.0. The topological polar surface area (TPSA) is 101 Å². The summed E-state index contributed by atoms with van der Waals surface area (Å²) < 4.78 is 1.88. The summed E-state index contributed by atoms with van der Waals surface area (Å²) in [5, 5.41) is 13.9. The number of rotatable bonds is 3. The molecule has 2 atom stereocenters. The van der Waals surface area contributed by atoms with E-state index in [0.29, 0.717) is 31.6 Å². The molecule has 3 rings (SSSR count). The van der Waals surface area contributed by atoms with E-state index in [-0.39, 0.29) is 23.8 Å². The van der Waals surface area contributed by atoms with E-state index in [1.54, 1.807) is 0 Å². The Labute approximate surface area is 177 Å². The molecule has 0 bridgehead atoms. The second-order valence-corrected chi connectivity index (χ2v) is 8.13. The fourth-order valence-corrected chi connectivity index (χ4v) is 3.66. The van der Waals surface area contributed by atoms with Crippen molar-refractivity contribution in [3.05, 3.63) is 47.5 Å². The summed E-state index contributed by atoms with van der Waals surface area (Å²) in [6.45, 7) is 8.08. The van der Waals surface area contributed by atoms with Gasteiger partial charge in [0.05, 0.1) is 12.6 Å². The monoisotopic (exact) mass is 412 g/mol. The fourth-order valence-electron chi connectivity index (χ4n) is 3.66. The van der Waals surface area contributed by atoms with Gasteiger partial charge in [-0.3, -0.25) is 9.59 Å². The molecule has 1 aliphatic heterocycles. The van der Waals surface area contributed by atoms with Crippen molar-refractivity contribution in [2.75, 3.05) is 13.1 Å². The van der Waals surface area contributed by atoms with E-state index < -0.39 is 6.04 Å². The maximum atomic E-state index is 13.3. The van der Waals surface area contributed by atoms with E-state index in [2.05, 4.69) is 26.0 Å². The van der Waals surface area contributed by atoms with Gasteiger partial charge in [-0.2, -0.15) is 5.10 Å². The van der Waals surface area contributed by atoms with Crippen LogP contribution >= 0.6 is 0 Å². The van der Waals surface area contributed by atoms with Gasteiger partial charge < -0.3 is 16.0 Å². The molecular weight excluding hydrogens is 380 g/mol. The highest BCUT2D eigenvalue weighted by Crippen LogP contribution is 2.21. The molecular formula is C22H32N6O2. The quantitative estimate of drug-likeness (QED) is 0.709.